The fraction of sp³-hybridized carbons (Fsp3) is 0.273. The van der Waals surface area contributed by atoms with Crippen LogP contribution in [0.1, 0.15) is 17.2 Å². The molecule has 2 aromatic rings. The lowest BCUT2D eigenvalue weighted by atomic mass is 10.2. The van der Waals surface area contributed by atoms with Crippen molar-refractivity contribution in [1.29, 1.82) is 0 Å². The number of pyridine rings is 1. The predicted octanol–water partition coefficient (Wildman–Crippen LogP) is 2.66. The summed E-state index contributed by atoms with van der Waals surface area (Å²) in [5.41, 5.74) is 2.25. The minimum atomic E-state index is 0.913. The van der Waals surface area contributed by atoms with E-state index < -0.39 is 0 Å². The highest BCUT2D eigenvalue weighted by Crippen LogP contribution is 2.15. The van der Waals surface area contributed by atoms with E-state index in [1.807, 2.05) is 31.3 Å². The molecule has 0 unspecified atom stereocenters. The molecule has 0 radical (unpaired) electrons. The zero-order valence-corrected chi connectivity index (χ0v) is 10.1. The van der Waals surface area contributed by atoms with Gasteiger partial charge in [0.2, 0.25) is 0 Å². The minimum absolute atomic E-state index is 0.913. The predicted molar refractivity (Wildman–Crippen MR) is 62.7 cm³/mol. The van der Waals surface area contributed by atoms with Crippen LogP contribution in [0, 0.1) is 6.92 Å². The van der Waals surface area contributed by atoms with Crippen molar-refractivity contribution in [2.45, 2.75) is 19.8 Å². The number of aromatic amines is 1. The summed E-state index contributed by atoms with van der Waals surface area (Å²) >= 11 is 3.43. The van der Waals surface area contributed by atoms with Crippen molar-refractivity contribution < 1.29 is 0 Å². The lowest BCUT2D eigenvalue weighted by molar-refractivity contribution is 0.881. The Kier molecular flexibility index (Phi) is 3.16. The number of nitrogens with one attached hydrogen (secondary N) is 1. The number of aromatic nitrogens is 3. The Morgan fingerprint density at radius 2 is 2.20 bits per heavy atom. The average molecular weight is 266 g/mol. The van der Waals surface area contributed by atoms with E-state index in [1.165, 1.54) is 0 Å². The van der Waals surface area contributed by atoms with E-state index in [0.717, 1.165) is 34.7 Å². The Balaban J connectivity index is 2.02. The van der Waals surface area contributed by atoms with Crippen LogP contribution in [0.15, 0.2) is 29.0 Å². The van der Waals surface area contributed by atoms with Gasteiger partial charge in [-0.25, -0.2) is 4.98 Å². The first-order valence-electron chi connectivity index (χ1n) is 4.86. The molecule has 0 fully saturated rings. The second-order valence-electron chi connectivity index (χ2n) is 3.41. The molecule has 0 aromatic carbocycles. The molecule has 0 aliphatic rings. The van der Waals surface area contributed by atoms with Gasteiger partial charge >= 0.3 is 0 Å². The van der Waals surface area contributed by atoms with Crippen LogP contribution in [0.25, 0.3) is 0 Å². The first-order chi connectivity index (χ1) is 7.25. The van der Waals surface area contributed by atoms with Crippen LogP contribution in [0.2, 0.25) is 0 Å². The van der Waals surface area contributed by atoms with Gasteiger partial charge in [-0.1, -0.05) is 6.07 Å². The third-order valence-corrected chi connectivity index (χ3v) is 2.86. The molecule has 0 bridgehead atoms. The number of H-pyrrole nitrogens is 1. The molecule has 15 heavy (non-hydrogen) atoms. The van der Waals surface area contributed by atoms with Gasteiger partial charge in [-0.3, -0.25) is 4.98 Å². The van der Waals surface area contributed by atoms with E-state index in [0.29, 0.717) is 0 Å². The molecule has 0 aliphatic heterocycles. The van der Waals surface area contributed by atoms with Crippen LogP contribution in [0.3, 0.4) is 0 Å². The highest BCUT2D eigenvalue weighted by atomic mass is 79.9. The zero-order valence-electron chi connectivity index (χ0n) is 8.50. The van der Waals surface area contributed by atoms with Crippen molar-refractivity contribution in [1.82, 2.24) is 15.0 Å². The molecule has 0 spiro atoms. The number of aryl methyl sites for hydroxylation is 3. The summed E-state index contributed by atoms with van der Waals surface area (Å²) in [7, 11) is 0. The molecule has 1 N–H and O–H groups in total. The molecular weight excluding hydrogens is 254 g/mol. The zero-order chi connectivity index (χ0) is 10.7. The van der Waals surface area contributed by atoms with Gasteiger partial charge in [0.05, 0.1) is 0 Å². The maximum atomic E-state index is 4.28. The summed E-state index contributed by atoms with van der Waals surface area (Å²) < 4.78 is 0.913. The van der Waals surface area contributed by atoms with E-state index in [1.54, 1.807) is 0 Å². The van der Waals surface area contributed by atoms with Crippen molar-refractivity contribution in [3.63, 3.8) is 0 Å². The van der Waals surface area contributed by atoms with Crippen molar-refractivity contribution in [2.24, 2.45) is 0 Å². The molecule has 0 aliphatic carbocycles. The number of nitrogens with zero attached hydrogens (tertiary/aromatic N) is 2. The highest BCUT2D eigenvalue weighted by molar-refractivity contribution is 9.10. The van der Waals surface area contributed by atoms with Gasteiger partial charge in [0.1, 0.15) is 10.4 Å². The number of imidazole rings is 1. The second kappa shape index (κ2) is 4.57. The molecule has 3 nitrogen and oxygen atoms in total. The van der Waals surface area contributed by atoms with E-state index in [9.17, 15) is 0 Å². The van der Waals surface area contributed by atoms with E-state index >= 15 is 0 Å². The van der Waals surface area contributed by atoms with Crippen LogP contribution < -0.4 is 0 Å². The van der Waals surface area contributed by atoms with Crippen LogP contribution in [-0.2, 0) is 12.8 Å². The van der Waals surface area contributed by atoms with Crippen LogP contribution >= 0.6 is 15.9 Å². The molecule has 2 aromatic heterocycles. The molecule has 0 amide bonds. The van der Waals surface area contributed by atoms with Gasteiger partial charge in [-0.2, -0.15) is 0 Å². The molecule has 2 heterocycles. The summed E-state index contributed by atoms with van der Waals surface area (Å²) in [6, 6.07) is 5.98. The first kappa shape index (κ1) is 10.4. The van der Waals surface area contributed by atoms with Gasteiger partial charge in [0.25, 0.3) is 0 Å². The minimum Gasteiger partial charge on any atom is -0.345 e. The number of halogens is 1. The SMILES string of the molecule is Cc1nc(Br)c(CCc2ccccn2)[nH]1. The Hall–Kier alpha value is -1.16. The Bertz CT molecular complexity index is 436. The largest absolute Gasteiger partial charge is 0.345 e. The topological polar surface area (TPSA) is 41.6 Å². The molecule has 0 saturated heterocycles. The fourth-order valence-electron chi connectivity index (χ4n) is 1.48. The average Bonchev–Trinajstić information content (AvgIpc) is 2.56. The van der Waals surface area contributed by atoms with E-state index in [4.69, 9.17) is 0 Å². The van der Waals surface area contributed by atoms with Gasteiger partial charge < -0.3 is 4.98 Å². The molecule has 0 atom stereocenters. The van der Waals surface area contributed by atoms with Crippen molar-refractivity contribution in [3.05, 3.63) is 46.2 Å². The van der Waals surface area contributed by atoms with Gasteiger partial charge in [0.15, 0.2) is 0 Å². The van der Waals surface area contributed by atoms with E-state index in [2.05, 4.69) is 30.9 Å². The summed E-state index contributed by atoms with van der Waals surface area (Å²) in [5.74, 6) is 0.942. The van der Waals surface area contributed by atoms with E-state index in [-0.39, 0.29) is 0 Å². The summed E-state index contributed by atoms with van der Waals surface area (Å²) in [6.45, 7) is 1.95. The van der Waals surface area contributed by atoms with Crippen molar-refractivity contribution >= 4 is 15.9 Å². The molecule has 78 valence electrons. The molecule has 4 heteroatoms. The van der Waals surface area contributed by atoms with Crippen LogP contribution in [0.5, 0.6) is 0 Å². The van der Waals surface area contributed by atoms with Crippen molar-refractivity contribution in [3.8, 4) is 0 Å². The molecular formula is C11H12BrN3. The highest BCUT2D eigenvalue weighted by Gasteiger charge is 2.05. The Labute approximate surface area is 97.1 Å². The number of rotatable bonds is 3. The summed E-state index contributed by atoms with van der Waals surface area (Å²) in [5, 5.41) is 0. The van der Waals surface area contributed by atoms with Crippen LogP contribution in [0.4, 0.5) is 0 Å². The maximum Gasteiger partial charge on any atom is 0.127 e. The quantitative estimate of drug-likeness (QED) is 0.927. The third kappa shape index (κ3) is 2.65. The Morgan fingerprint density at radius 1 is 1.33 bits per heavy atom. The van der Waals surface area contributed by atoms with Crippen LogP contribution in [-0.4, -0.2) is 15.0 Å². The maximum absolute atomic E-state index is 4.28. The third-order valence-electron chi connectivity index (χ3n) is 2.20. The van der Waals surface area contributed by atoms with Gasteiger partial charge in [-0.15, -0.1) is 0 Å². The smallest absolute Gasteiger partial charge is 0.127 e. The lowest BCUT2D eigenvalue weighted by Crippen LogP contribution is -1.94. The lowest BCUT2D eigenvalue weighted by Gasteiger charge is -1.98. The monoisotopic (exact) mass is 265 g/mol. The van der Waals surface area contributed by atoms with Gasteiger partial charge in [0, 0.05) is 17.6 Å². The fourth-order valence-corrected chi connectivity index (χ4v) is 2.04. The molecule has 0 saturated carbocycles. The summed E-state index contributed by atoms with van der Waals surface area (Å²) in [6.07, 6.45) is 3.68. The second-order valence-corrected chi connectivity index (χ2v) is 4.16. The number of hydrogen-bond donors (Lipinski definition) is 1. The van der Waals surface area contributed by atoms with Gasteiger partial charge in [-0.05, 0) is 47.8 Å². The standard InChI is InChI=1S/C11H12BrN3/c1-8-14-10(11(12)15-8)6-5-9-4-2-3-7-13-9/h2-4,7H,5-6H2,1H3,(H,14,15). The number of hydrogen-bond acceptors (Lipinski definition) is 2. The normalized spacial score (nSPS) is 10.5. The Morgan fingerprint density at radius 3 is 2.80 bits per heavy atom. The molecule has 2 rings (SSSR count). The summed E-state index contributed by atoms with van der Waals surface area (Å²) in [4.78, 5) is 11.8. The first-order valence-corrected chi connectivity index (χ1v) is 5.66. The van der Waals surface area contributed by atoms with Crippen molar-refractivity contribution in [2.75, 3.05) is 0 Å².